The van der Waals surface area contributed by atoms with E-state index in [0.29, 0.717) is 44.0 Å². The highest BCUT2D eigenvalue weighted by Gasteiger charge is 2.39. The number of nitrogens with one attached hydrogen (secondary N) is 1. The molecule has 276 valence electrons. The first-order valence-electron chi connectivity index (χ1n) is 18.9. The van der Waals surface area contributed by atoms with Crippen molar-refractivity contribution in [2.45, 2.75) is 104 Å². The van der Waals surface area contributed by atoms with Gasteiger partial charge in [0.15, 0.2) is 0 Å². The molecular formula is C40H56BrN7O3. The number of aliphatic imine (C=N–C) groups is 1. The van der Waals surface area contributed by atoms with Crippen LogP contribution in [-0.4, -0.2) is 62.0 Å². The molecule has 11 heteroatoms. The van der Waals surface area contributed by atoms with Gasteiger partial charge in [-0.1, -0.05) is 76.7 Å². The summed E-state index contributed by atoms with van der Waals surface area (Å²) in [5, 5.41) is 3.37. The summed E-state index contributed by atoms with van der Waals surface area (Å²) >= 11 is 3.67. The van der Waals surface area contributed by atoms with E-state index < -0.39 is 11.8 Å². The van der Waals surface area contributed by atoms with Crippen LogP contribution in [0.4, 0.5) is 5.69 Å². The molecule has 1 aliphatic rings. The molecule has 2 atom stereocenters. The minimum atomic E-state index is -0.650. The summed E-state index contributed by atoms with van der Waals surface area (Å²) in [4.78, 5) is 48.1. The number of benzene rings is 1. The number of aromatic nitrogens is 4. The molecule has 1 aliphatic heterocycles. The van der Waals surface area contributed by atoms with Crippen LogP contribution in [0.3, 0.4) is 0 Å². The molecule has 0 radical (unpaired) electrons. The number of halogens is 1. The molecule has 2 aromatic heterocycles. The van der Waals surface area contributed by atoms with Gasteiger partial charge in [0.25, 0.3) is 0 Å². The maximum atomic E-state index is 14.7. The van der Waals surface area contributed by atoms with Crippen LogP contribution in [0.15, 0.2) is 70.8 Å². The second kappa shape index (κ2) is 22.2. The van der Waals surface area contributed by atoms with Crippen LogP contribution in [0.5, 0.6) is 0 Å². The van der Waals surface area contributed by atoms with E-state index in [1.165, 1.54) is 19.3 Å². The van der Waals surface area contributed by atoms with Crippen molar-refractivity contribution in [2.75, 3.05) is 25.0 Å². The molecule has 3 aromatic rings. The van der Waals surface area contributed by atoms with Crippen molar-refractivity contribution in [3.63, 3.8) is 0 Å². The van der Waals surface area contributed by atoms with E-state index in [1.54, 1.807) is 29.8 Å². The Morgan fingerprint density at radius 3 is 2.43 bits per heavy atom. The van der Waals surface area contributed by atoms with Crippen molar-refractivity contribution in [1.29, 1.82) is 0 Å². The van der Waals surface area contributed by atoms with Gasteiger partial charge < -0.3 is 14.6 Å². The van der Waals surface area contributed by atoms with Crippen LogP contribution in [0.2, 0.25) is 0 Å². The van der Waals surface area contributed by atoms with Crippen LogP contribution < -0.4 is 5.32 Å². The summed E-state index contributed by atoms with van der Waals surface area (Å²) in [6, 6.07) is 3.79. The number of imidazole rings is 1. The molecule has 1 N–H and O–H groups in total. The molecule has 0 unspecified atom stereocenters. The molecule has 0 aliphatic carbocycles. The Labute approximate surface area is 312 Å². The number of aryl methyl sites for hydroxylation is 1. The molecule has 0 saturated heterocycles. The zero-order valence-electron chi connectivity index (χ0n) is 30.7. The van der Waals surface area contributed by atoms with Crippen molar-refractivity contribution in [3.8, 4) is 0 Å². The van der Waals surface area contributed by atoms with Gasteiger partial charge in [0.1, 0.15) is 5.52 Å². The number of guanidine groups is 1. The fourth-order valence-electron chi connectivity index (χ4n) is 6.34. The average molecular weight is 763 g/mol. The number of allylic oxidation sites excluding steroid dienone is 4. The zero-order chi connectivity index (χ0) is 36.3. The van der Waals surface area contributed by atoms with Crippen molar-refractivity contribution in [3.05, 3.63) is 71.5 Å². The van der Waals surface area contributed by atoms with E-state index in [-0.39, 0.29) is 11.9 Å². The first kappa shape index (κ1) is 39.9. The lowest BCUT2D eigenvalue weighted by Gasteiger charge is -2.30. The predicted octanol–water partition coefficient (Wildman–Crippen LogP) is 8.98. The van der Waals surface area contributed by atoms with E-state index in [9.17, 15) is 9.59 Å². The average Bonchev–Trinajstić information content (AvgIpc) is 3.78. The van der Waals surface area contributed by atoms with Crippen molar-refractivity contribution in [1.82, 2.24) is 24.4 Å². The van der Waals surface area contributed by atoms with Gasteiger partial charge in [0, 0.05) is 44.3 Å². The summed E-state index contributed by atoms with van der Waals surface area (Å²) < 4.78 is 8.52. The second-order valence-electron chi connectivity index (χ2n) is 13.3. The minimum Gasteiger partial charge on any atom is -0.465 e. The molecule has 0 saturated carbocycles. The molecule has 0 fully saturated rings. The van der Waals surface area contributed by atoms with Crippen molar-refractivity contribution in [2.24, 2.45) is 23.9 Å². The van der Waals surface area contributed by atoms with Crippen LogP contribution in [0.25, 0.3) is 11.0 Å². The zero-order valence-corrected chi connectivity index (χ0v) is 32.3. The minimum absolute atomic E-state index is 0.112. The Morgan fingerprint density at radius 2 is 1.69 bits per heavy atom. The van der Waals surface area contributed by atoms with Gasteiger partial charge in [0.2, 0.25) is 11.9 Å². The van der Waals surface area contributed by atoms with Gasteiger partial charge in [-0.2, -0.15) is 0 Å². The van der Waals surface area contributed by atoms with Gasteiger partial charge in [-0.15, -0.1) is 0 Å². The number of rotatable bonds is 22. The fraction of sp³-hybridized carbons (Fsp3) is 0.550. The highest BCUT2D eigenvalue weighted by molar-refractivity contribution is 9.10. The smallest absolute Gasteiger partial charge is 0.310 e. The topological polar surface area (TPSA) is 115 Å². The third-order valence-corrected chi connectivity index (χ3v) is 10.1. The van der Waals surface area contributed by atoms with Crippen LogP contribution in [0, 0.1) is 11.8 Å². The van der Waals surface area contributed by atoms with Crippen molar-refractivity contribution >= 4 is 50.5 Å². The Hall–Kier alpha value is -3.86. The molecule has 1 amide bonds. The number of ether oxygens (including phenoxy) is 1. The van der Waals surface area contributed by atoms with E-state index in [2.05, 4.69) is 79.3 Å². The van der Waals surface area contributed by atoms with E-state index in [0.717, 1.165) is 79.2 Å². The lowest BCUT2D eigenvalue weighted by molar-refractivity contribution is -0.154. The highest BCUT2D eigenvalue weighted by Crippen LogP contribution is 2.31. The number of carbonyl (C=O) groups excluding carboxylic acids is 2. The molecule has 4 rings (SSSR count). The number of unbranched alkanes of at least 4 members (excludes halogenated alkanes) is 8. The summed E-state index contributed by atoms with van der Waals surface area (Å²) in [6.07, 6.45) is 29.4. The number of esters is 1. The number of anilines is 1. The monoisotopic (exact) mass is 761 g/mol. The number of amides is 1. The summed E-state index contributed by atoms with van der Waals surface area (Å²) in [5.74, 6) is -1.20. The van der Waals surface area contributed by atoms with Crippen LogP contribution in [-0.2, 0) is 27.8 Å². The maximum absolute atomic E-state index is 14.7. The van der Waals surface area contributed by atoms with Gasteiger partial charge >= 0.3 is 5.97 Å². The van der Waals surface area contributed by atoms with Gasteiger partial charge in [-0.3, -0.25) is 29.4 Å². The Bertz CT molecular complexity index is 1620. The molecule has 10 nitrogen and oxygen atoms in total. The molecule has 51 heavy (non-hydrogen) atoms. The number of hydrogen-bond acceptors (Lipinski definition) is 8. The predicted molar refractivity (Wildman–Crippen MR) is 209 cm³/mol. The third kappa shape index (κ3) is 12.4. The van der Waals surface area contributed by atoms with Crippen LogP contribution in [0.1, 0.15) is 103 Å². The Balaban J connectivity index is 1.47. The number of carbonyl (C=O) groups is 2. The van der Waals surface area contributed by atoms with Gasteiger partial charge in [-0.05, 0) is 73.0 Å². The Kier molecular flexibility index (Phi) is 17.3. The molecule has 3 heterocycles. The normalized spacial score (nSPS) is 14.4. The molecular weight excluding hydrogens is 706 g/mol. The molecule has 1 aromatic carbocycles. The molecule has 0 bridgehead atoms. The maximum Gasteiger partial charge on any atom is 0.310 e. The largest absolute Gasteiger partial charge is 0.465 e. The van der Waals surface area contributed by atoms with E-state index in [1.807, 2.05) is 23.7 Å². The highest BCUT2D eigenvalue weighted by atomic mass is 79.9. The quantitative estimate of drug-likeness (QED) is 0.0618. The first-order valence-corrected chi connectivity index (χ1v) is 19.7. The lowest BCUT2D eigenvalue weighted by atomic mass is 9.83. The summed E-state index contributed by atoms with van der Waals surface area (Å²) in [7, 11) is 1.92. The van der Waals surface area contributed by atoms with Gasteiger partial charge in [0.05, 0.1) is 47.0 Å². The lowest BCUT2D eigenvalue weighted by Crippen LogP contribution is -2.46. The third-order valence-electron chi connectivity index (χ3n) is 9.34. The van der Waals surface area contributed by atoms with Gasteiger partial charge in [-0.25, -0.2) is 4.98 Å². The number of hydrogen-bond donors (Lipinski definition) is 1. The van der Waals surface area contributed by atoms with E-state index >= 15 is 0 Å². The SMILES string of the molecule is CCCCC/C=C\C/C=C\CCCCC[C@H](C(=O)N1CCN=C1Nc1ccc2nccnc2c1Br)[C@@H](Cc1cncn1C)C(=O)OCCCCC. The first-order chi connectivity index (χ1) is 24.9. The standard InChI is InChI=1S/C40H56BrN7O3/c1-4-6-8-9-10-11-12-13-14-15-16-17-18-20-32(33(28-31-29-42-30-47(31)3)39(50)51-27-19-7-5-2)38(49)48-26-25-45-40(48)46-34-21-22-35-37(36(34)41)44-24-23-43-35/h10-11,13-14,21-24,29-30,32-33H,4-9,12,15-20,25-28H2,1-3H3,(H,45,46)/b11-10-,14-13-/t32-,33+/m0/s1. The molecule has 0 spiro atoms. The van der Waals surface area contributed by atoms with E-state index in [4.69, 9.17) is 4.74 Å². The summed E-state index contributed by atoms with van der Waals surface area (Å²) in [6.45, 7) is 5.61. The van der Waals surface area contributed by atoms with Crippen LogP contribution >= 0.6 is 15.9 Å². The fourth-order valence-corrected chi connectivity index (χ4v) is 6.87. The van der Waals surface area contributed by atoms with Crippen molar-refractivity contribution < 1.29 is 14.3 Å². The number of nitrogens with zero attached hydrogens (tertiary/aromatic N) is 6. The Morgan fingerprint density at radius 1 is 0.941 bits per heavy atom. The summed E-state index contributed by atoms with van der Waals surface area (Å²) in [5.41, 5.74) is 3.10. The number of fused-ring (bicyclic) bond motifs is 1. The second-order valence-corrected chi connectivity index (χ2v) is 14.1.